The summed E-state index contributed by atoms with van der Waals surface area (Å²) < 4.78 is 31.5. The van der Waals surface area contributed by atoms with E-state index in [-0.39, 0.29) is 16.5 Å². The van der Waals surface area contributed by atoms with E-state index in [1.54, 1.807) is 19.1 Å². The number of halogens is 1. The number of aliphatic hydroxyl groups is 1. The molecular weight excluding hydrogens is 302 g/mol. The Morgan fingerprint density at radius 3 is 2.65 bits per heavy atom. The van der Waals surface area contributed by atoms with Crippen molar-refractivity contribution in [1.82, 2.24) is 4.72 Å². The first-order valence-electron chi connectivity index (χ1n) is 6.15. The first-order valence-corrected chi connectivity index (χ1v) is 8.01. The van der Waals surface area contributed by atoms with Gasteiger partial charge in [0.05, 0.1) is 10.6 Å². The van der Waals surface area contributed by atoms with Crippen LogP contribution in [0.4, 0.5) is 0 Å². The average molecular weight is 322 g/mol. The number of rotatable bonds is 7. The van der Waals surface area contributed by atoms with Crippen LogP contribution in [0.25, 0.3) is 0 Å². The lowest BCUT2D eigenvalue weighted by Crippen LogP contribution is -2.41. The highest BCUT2D eigenvalue weighted by molar-refractivity contribution is 7.89. The van der Waals surface area contributed by atoms with Gasteiger partial charge < -0.3 is 9.84 Å². The second-order valence-electron chi connectivity index (χ2n) is 5.00. The van der Waals surface area contributed by atoms with Crippen molar-refractivity contribution in [3.8, 4) is 0 Å². The van der Waals surface area contributed by atoms with Gasteiger partial charge in [0, 0.05) is 26.7 Å². The zero-order valence-electron chi connectivity index (χ0n) is 11.8. The molecule has 0 bridgehead atoms. The van der Waals surface area contributed by atoms with E-state index in [1.165, 1.54) is 13.2 Å². The van der Waals surface area contributed by atoms with Crippen molar-refractivity contribution in [2.75, 3.05) is 20.3 Å². The second kappa shape index (κ2) is 6.87. The Morgan fingerprint density at radius 1 is 1.45 bits per heavy atom. The van der Waals surface area contributed by atoms with Gasteiger partial charge in [0.15, 0.2) is 0 Å². The summed E-state index contributed by atoms with van der Waals surface area (Å²) >= 11 is 5.95. The Labute approximate surface area is 125 Å². The van der Waals surface area contributed by atoms with Crippen LogP contribution >= 0.6 is 11.6 Å². The first kappa shape index (κ1) is 17.4. The minimum Gasteiger partial charge on any atom is -0.389 e. The monoisotopic (exact) mass is 321 g/mol. The zero-order chi connectivity index (χ0) is 15.4. The molecule has 0 aliphatic carbocycles. The third-order valence-corrected chi connectivity index (χ3v) is 4.75. The normalized spacial score (nSPS) is 15.1. The van der Waals surface area contributed by atoms with Gasteiger partial charge in [-0.3, -0.25) is 0 Å². The maximum atomic E-state index is 12.1. The van der Waals surface area contributed by atoms with Gasteiger partial charge in [-0.05, 0) is 31.5 Å². The molecule has 1 aromatic carbocycles. The summed E-state index contributed by atoms with van der Waals surface area (Å²) in [7, 11) is -2.23. The highest BCUT2D eigenvalue weighted by Crippen LogP contribution is 2.22. The van der Waals surface area contributed by atoms with Gasteiger partial charge >= 0.3 is 0 Å². The summed E-state index contributed by atoms with van der Waals surface area (Å²) in [4.78, 5) is 0.00677. The lowest BCUT2D eigenvalue weighted by atomic mass is 10.0. The molecule has 114 valence electrons. The average Bonchev–Trinajstić information content (AvgIpc) is 2.34. The van der Waals surface area contributed by atoms with Gasteiger partial charge in [-0.2, -0.15) is 0 Å². The van der Waals surface area contributed by atoms with Crippen molar-refractivity contribution in [3.05, 3.63) is 28.8 Å². The van der Waals surface area contributed by atoms with E-state index in [9.17, 15) is 13.5 Å². The van der Waals surface area contributed by atoms with Crippen LogP contribution in [0.15, 0.2) is 23.1 Å². The van der Waals surface area contributed by atoms with Crippen molar-refractivity contribution in [3.63, 3.8) is 0 Å². The molecule has 0 saturated heterocycles. The molecular formula is C13H20ClNO4S. The van der Waals surface area contributed by atoms with E-state index in [0.29, 0.717) is 13.0 Å². The van der Waals surface area contributed by atoms with Crippen LogP contribution in [0.2, 0.25) is 5.02 Å². The SMILES string of the molecule is COCCC(C)(O)CNS(=O)(=O)c1ccc(C)cc1Cl. The quantitative estimate of drug-likeness (QED) is 0.801. The fourth-order valence-electron chi connectivity index (χ4n) is 1.56. The van der Waals surface area contributed by atoms with Crippen molar-refractivity contribution >= 4 is 21.6 Å². The molecule has 0 heterocycles. The second-order valence-corrected chi connectivity index (χ2v) is 7.14. The number of hydrogen-bond donors (Lipinski definition) is 2. The summed E-state index contributed by atoms with van der Waals surface area (Å²) in [6.07, 6.45) is 0.327. The van der Waals surface area contributed by atoms with Gasteiger partial charge in [-0.25, -0.2) is 13.1 Å². The van der Waals surface area contributed by atoms with Crippen LogP contribution in [-0.4, -0.2) is 39.4 Å². The van der Waals surface area contributed by atoms with Gasteiger partial charge in [0.2, 0.25) is 10.0 Å². The Balaban J connectivity index is 2.80. The maximum Gasteiger partial charge on any atom is 0.242 e. The predicted octanol–water partition coefficient (Wildman–Crippen LogP) is 1.71. The molecule has 20 heavy (non-hydrogen) atoms. The van der Waals surface area contributed by atoms with Crippen LogP contribution in [-0.2, 0) is 14.8 Å². The standard InChI is InChI=1S/C13H20ClNO4S/c1-10-4-5-12(11(14)8-10)20(17,18)15-9-13(2,16)6-7-19-3/h4-5,8,15-16H,6-7,9H2,1-3H3. The number of nitrogens with one attached hydrogen (secondary N) is 1. The lowest BCUT2D eigenvalue weighted by molar-refractivity contribution is 0.0292. The first-order chi connectivity index (χ1) is 9.18. The highest BCUT2D eigenvalue weighted by atomic mass is 35.5. The van der Waals surface area contributed by atoms with E-state index in [0.717, 1.165) is 5.56 Å². The number of methoxy groups -OCH3 is 1. The number of sulfonamides is 1. The summed E-state index contributed by atoms with van der Waals surface area (Å²) in [6, 6.07) is 4.70. The number of hydrogen-bond acceptors (Lipinski definition) is 4. The van der Waals surface area contributed by atoms with Crippen molar-refractivity contribution < 1.29 is 18.3 Å². The number of benzene rings is 1. The topological polar surface area (TPSA) is 75.6 Å². The van der Waals surface area contributed by atoms with Crippen molar-refractivity contribution in [2.45, 2.75) is 30.8 Å². The largest absolute Gasteiger partial charge is 0.389 e. The molecule has 0 aliphatic heterocycles. The zero-order valence-corrected chi connectivity index (χ0v) is 13.4. The molecule has 1 unspecified atom stereocenters. The molecule has 1 aromatic rings. The molecule has 5 nitrogen and oxygen atoms in total. The summed E-state index contributed by atoms with van der Waals surface area (Å²) in [6.45, 7) is 3.61. The van der Waals surface area contributed by atoms with Crippen molar-refractivity contribution in [2.24, 2.45) is 0 Å². The van der Waals surface area contributed by atoms with E-state index >= 15 is 0 Å². The molecule has 0 spiro atoms. The molecule has 1 rings (SSSR count). The minimum absolute atomic E-state index is 0.00677. The maximum absolute atomic E-state index is 12.1. The summed E-state index contributed by atoms with van der Waals surface area (Å²) in [5.41, 5.74) is -0.304. The molecule has 1 atom stereocenters. The third-order valence-electron chi connectivity index (χ3n) is 2.86. The number of ether oxygens (including phenoxy) is 1. The van der Waals surface area contributed by atoms with Gasteiger partial charge in [-0.1, -0.05) is 17.7 Å². The van der Waals surface area contributed by atoms with E-state index in [2.05, 4.69) is 4.72 Å². The van der Waals surface area contributed by atoms with Crippen LogP contribution in [0.3, 0.4) is 0 Å². The van der Waals surface area contributed by atoms with Crippen LogP contribution < -0.4 is 4.72 Å². The molecule has 2 N–H and O–H groups in total. The van der Waals surface area contributed by atoms with Crippen LogP contribution in [0.5, 0.6) is 0 Å². The Bertz CT molecular complexity index is 557. The van der Waals surface area contributed by atoms with Crippen molar-refractivity contribution in [1.29, 1.82) is 0 Å². The van der Waals surface area contributed by atoms with Crippen LogP contribution in [0.1, 0.15) is 18.9 Å². The van der Waals surface area contributed by atoms with Crippen LogP contribution in [0, 0.1) is 6.92 Å². The smallest absolute Gasteiger partial charge is 0.242 e. The summed E-state index contributed by atoms with van der Waals surface area (Å²) in [5.74, 6) is 0. The molecule has 0 saturated carbocycles. The highest BCUT2D eigenvalue weighted by Gasteiger charge is 2.25. The molecule has 0 radical (unpaired) electrons. The summed E-state index contributed by atoms with van der Waals surface area (Å²) in [5, 5.41) is 10.2. The lowest BCUT2D eigenvalue weighted by Gasteiger charge is -2.23. The van der Waals surface area contributed by atoms with E-state index in [1.807, 2.05) is 6.92 Å². The fraction of sp³-hybridized carbons (Fsp3) is 0.538. The molecule has 0 aliphatic rings. The molecule has 7 heteroatoms. The van der Waals surface area contributed by atoms with Gasteiger partial charge in [0.25, 0.3) is 0 Å². The molecule has 0 aromatic heterocycles. The predicted molar refractivity (Wildman–Crippen MR) is 78.5 cm³/mol. The Hall–Kier alpha value is -0.660. The fourth-order valence-corrected chi connectivity index (χ4v) is 3.32. The van der Waals surface area contributed by atoms with E-state index in [4.69, 9.17) is 16.3 Å². The van der Waals surface area contributed by atoms with Gasteiger partial charge in [-0.15, -0.1) is 0 Å². The minimum atomic E-state index is -3.75. The molecule has 0 fully saturated rings. The van der Waals surface area contributed by atoms with Gasteiger partial charge in [0.1, 0.15) is 4.90 Å². The molecule has 0 amide bonds. The Kier molecular flexibility index (Phi) is 5.97. The Morgan fingerprint density at radius 2 is 2.10 bits per heavy atom. The third kappa shape index (κ3) is 5.03. The van der Waals surface area contributed by atoms with E-state index < -0.39 is 15.6 Å². The number of aryl methyl sites for hydroxylation is 1.